The number of piperidine rings is 1. The molecule has 0 bridgehead atoms. The average Bonchev–Trinajstić information content (AvgIpc) is 3.35. The van der Waals surface area contributed by atoms with Gasteiger partial charge in [0.2, 0.25) is 0 Å². The van der Waals surface area contributed by atoms with Gasteiger partial charge in [-0.15, -0.1) is 0 Å². The lowest BCUT2D eigenvalue weighted by Crippen LogP contribution is -2.35. The first-order chi connectivity index (χ1) is 16.3. The SMILES string of the molecule is O=C(O)C(F)(F)c1cccc(N2CCC(n3cc(-c4cnc5cccc(Br)c5n4)cn3)CC2)c1. The molecule has 3 heterocycles. The Balaban J connectivity index is 1.29. The van der Waals surface area contributed by atoms with Crippen LogP contribution >= 0.6 is 15.9 Å². The van der Waals surface area contributed by atoms with Gasteiger partial charge in [0.15, 0.2) is 0 Å². The second-order valence-electron chi connectivity index (χ2n) is 8.22. The van der Waals surface area contributed by atoms with E-state index in [1.165, 1.54) is 12.1 Å². The van der Waals surface area contributed by atoms with Gasteiger partial charge in [0.25, 0.3) is 0 Å². The molecule has 5 rings (SSSR count). The molecule has 0 aliphatic carbocycles. The summed E-state index contributed by atoms with van der Waals surface area (Å²) >= 11 is 3.52. The summed E-state index contributed by atoms with van der Waals surface area (Å²) in [5, 5.41) is 13.4. The fourth-order valence-corrected chi connectivity index (χ4v) is 4.66. The van der Waals surface area contributed by atoms with E-state index >= 15 is 0 Å². The van der Waals surface area contributed by atoms with Gasteiger partial charge >= 0.3 is 11.9 Å². The van der Waals surface area contributed by atoms with E-state index in [0.29, 0.717) is 18.8 Å². The Bertz CT molecular complexity index is 1370. The summed E-state index contributed by atoms with van der Waals surface area (Å²) < 4.78 is 30.6. The smallest absolute Gasteiger partial charge is 0.379 e. The molecule has 4 aromatic rings. The normalized spacial score (nSPS) is 15.1. The average molecular weight is 528 g/mol. The number of hydrogen-bond donors (Lipinski definition) is 1. The van der Waals surface area contributed by atoms with E-state index in [2.05, 4.69) is 26.0 Å². The first-order valence-electron chi connectivity index (χ1n) is 10.8. The second kappa shape index (κ2) is 8.75. The summed E-state index contributed by atoms with van der Waals surface area (Å²) in [5.74, 6) is -6.07. The molecule has 1 N–H and O–H groups in total. The topological polar surface area (TPSA) is 84.1 Å². The number of nitrogens with zero attached hydrogens (tertiary/aromatic N) is 5. The van der Waals surface area contributed by atoms with Crippen molar-refractivity contribution >= 4 is 38.6 Å². The van der Waals surface area contributed by atoms with Crippen LogP contribution in [0.4, 0.5) is 14.5 Å². The van der Waals surface area contributed by atoms with Crippen molar-refractivity contribution in [3.63, 3.8) is 0 Å². The number of rotatable bonds is 5. The fourth-order valence-electron chi connectivity index (χ4n) is 4.22. The fraction of sp³-hybridized carbons (Fsp3) is 0.250. The van der Waals surface area contributed by atoms with Crippen LogP contribution in [0, 0.1) is 0 Å². The van der Waals surface area contributed by atoms with Gasteiger partial charge in [0.1, 0.15) is 5.52 Å². The van der Waals surface area contributed by atoms with Crippen molar-refractivity contribution < 1.29 is 18.7 Å². The Morgan fingerprint density at radius 1 is 1.12 bits per heavy atom. The number of aromatic nitrogens is 4. The van der Waals surface area contributed by atoms with E-state index in [1.54, 1.807) is 18.5 Å². The maximum Gasteiger partial charge on any atom is 0.379 e. The molecule has 0 spiro atoms. The van der Waals surface area contributed by atoms with Crippen LogP contribution in [0.15, 0.2) is 65.5 Å². The molecule has 1 aliphatic rings. The predicted molar refractivity (Wildman–Crippen MR) is 127 cm³/mol. The molecular formula is C24H20BrF2N5O2. The molecule has 0 saturated carbocycles. The van der Waals surface area contributed by atoms with Crippen LogP contribution in [0.1, 0.15) is 24.4 Å². The van der Waals surface area contributed by atoms with Crippen molar-refractivity contribution in [1.82, 2.24) is 19.7 Å². The molecular weight excluding hydrogens is 508 g/mol. The molecule has 2 aromatic carbocycles. The zero-order valence-corrected chi connectivity index (χ0v) is 19.5. The number of hydrogen-bond acceptors (Lipinski definition) is 5. The number of alkyl halides is 2. The van der Waals surface area contributed by atoms with Gasteiger partial charge in [0, 0.05) is 40.6 Å². The minimum Gasteiger partial charge on any atom is -0.477 e. The van der Waals surface area contributed by atoms with Gasteiger partial charge < -0.3 is 10.0 Å². The molecule has 7 nitrogen and oxygen atoms in total. The molecule has 0 radical (unpaired) electrons. The summed E-state index contributed by atoms with van der Waals surface area (Å²) in [7, 11) is 0. The molecule has 1 aliphatic heterocycles. The highest BCUT2D eigenvalue weighted by molar-refractivity contribution is 9.10. The molecule has 174 valence electrons. The predicted octanol–water partition coefficient (Wildman–Crippen LogP) is 5.27. The Hall–Kier alpha value is -3.40. The van der Waals surface area contributed by atoms with Crippen LogP contribution in [0.2, 0.25) is 0 Å². The highest BCUT2D eigenvalue weighted by Gasteiger charge is 2.41. The van der Waals surface area contributed by atoms with Crippen molar-refractivity contribution in [2.24, 2.45) is 0 Å². The number of aliphatic carboxylic acids is 1. The third kappa shape index (κ3) is 4.13. The maximum absolute atomic E-state index is 13.9. The number of benzene rings is 2. The van der Waals surface area contributed by atoms with Gasteiger partial charge in [-0.3, -0.25) is 9.67 Å². The maximum atomic E-state index is 13.9. The monoisotopic (exact) mass is 527 g/mol. The molecule has 1 saturated heterocycles. The van der Waals surface area contributed by atoms with Crippen molar-refractivity contribution in [2.45, 2.75) is 24.8 Å². The molecule has 0 atom stereocenters. The number of carboxylic acids is 1. The summed E-state index contributed by atoms with van der Waals surface area (Å²) in [6.07, 6.45) is 7.02. The van der Waals surface area contributed by atoms with Crippen molar-refractivity contribution in [3.8, 4) is 11.3 Å². The van der Waals surface area contributed by atoms with Gasteiger partial charge in [-0.2, -0.15) is 13.9 Å². The number of carbonyl (C=O) groups is 1. The van der Waals surface area contributed by atoms with Gasteiger partial charge in [0.05, 0.1) is 29.6 Å². The minimum absolute atomic E-state index is 0.161. The Kier molecular flexibility index (Phi) is 5.76. The van der Waals surface area contributed by atoms with Crippen LogP contribution < -0.4 is 4.90 Å². The first-order valence-corrected chi connectivity index (χ1v) is 11.5. The molecule has 2 aromatic heterocycles. The molecule has 34 heavy (non-hydrogen) atoms. The lowest BCUT2D eigenvalue weighted by Gasteiger charge is -2.34. The van der Waals surface area contributed by atoms with Crippen LogP contribution in [0.3, 0.4) is 0 Å². The number of fused-ring (bicyclic) bond motifs is 1. The van der Waals surface area contributed by atoms with E-state index < -0.39 is 17.5 Å². The zero-order valence-electron chi connectivity index (χ0n) is 17.9. The Morgan fingerprint density at radius 2 is 1.88 bits per heavy atom. The lowest BCUT2D eigenvalue weighted by molar-refractivity contribution is -0.166. The summed E-state index contributed by atoms with van der Waals surface area (Å²) in [5.41, 5.74) is 3.28. The van der Waals surface area contributed by atoms with Gasteiger partial charge in [-0.25, -0.2) is 9.78 Å². The number of para-hydroxylation sites is 1. The minimum atomic E-state index is -3.92. The molecule has 0 amide bonds. The third-order valence-electron chi connectivity index (χ3n) is 6.10. The zero-order chi connectivity index (χ0) is 23.9. The number of halogens is 3. The third-order valence-corrected chi connectivity index (χ3v) is 6.74. The van der Waals surface area contributed by atoms with Gasteiger partial charge in [-0.1, -0.05) is 18.2 Å². The highest BCUT2D eigenvalue weighted by Crippen LogP contribution is 2.33. The molecule has 10 heteroatoms. The van der Waals surface area contributed by atoms with E-state index in [4.69, 9.17) is 10.1 Å². The summed E-state index contributed by atoms with van der Waals surface area (Å²) in [6.45, 7) is 1.29. The Labute approximate surface area is 202 Å². The van der Waals surface area contributed by atoms with Crippen LogP contribution in [-0.4, -0.2) is 43.9 Å². The molecule has 0 unspecified atom stereocenters. The summed E-state index contributed by atoms with van der Waals surface area (Å²) in [6, 6.07) is 11.5. The molecule has 1 fully saturated rings. The number of anilines is 1. The number of carboxylic acid groups (broad SMARTS) is 1. The van der Waals surface area contributed by atoms with Crippen LogP contribution in [0.25, 0.3) is 22.3 Å². The van der Waals surface area contributed by atoms with Crippen LogP contribution in [-0.2, 0) is 10.7 Å². The van der Waals surface area contributed by atoms with Crippen molar-refractivity contribution in [2.75, 3.05) is 18.0 Å². The van der Waals surface area contributed by atoms with E-state index in [-0.39, 0.29) is 6.04 Å². The van der Waals surface area contributed by atoms with Crippen molar-refractivity contribution in [3.05, 3.63) is 71.1 Å². The first kappa shape index (κ1) is 22.4. The Morgan fingerprint density at radius 3 is 2.65 bits per heavy atom. The van der Waals surface area contributed by atoms with E-state index in [9.17, 15) is 13.6 Å². The largest absolute Gasteiger partial charge is 0.477 e. The van der Waals surface area contributed by atoms with E-state index in [1.807, 2.05) is 34.0 Å². The van der Waals surface area contributed by atoms with Gasteiger partial charge in [-0.05, 0) is 53.0 Å². The highest BCUT2D eigenvalue weighted by atomic mass is 79.9. The second-order valence-corrected chi connectivity index (χ2v) is 9.07. The standard InChI is InChI=1S/C24H20BrF2N5O2/c25-19-5-2-6-20-22(19)30-21(13-28-20)15-12-29-32(14-15)17-7-9-31(10-8-17)18-4-1-3-16(11-18)24(26,27)23(33)34/h1-6,11-14,17H,7-10H2,(H,33,34). The summed E-state index contributed by atoms with van der Waals surface area (Å²) in [4.78, 5) is 22.1. The van der Waals surface area contributed by atoms with Crippen molar-refractivity contribution in [1.29, 1.82) is 0 Å². The van der Waals surface area contributed by atoms with Crippen LogP contribution in [0.5, 0.6) is 0 Å². The van der Waals surface area contributed by atoms with E-state index in [0.717, 1.165) is 45.7 Å². The quantitative estimate of drug-likeness (QED) is 0.380. The lowest BCUT2D eigenvalue weighted by atomic mass is 10.0.